The summed E-state index contributed by atoms with van der Waals surface area (Å²) in [5.74, 6) is 0. The molecule has 0 spiro atoms. The molecule has 0 radical (unpaired) electrons. The van der Waals surface area contributed by atoms with Gasteiger partial charge in [0, 0.05) is 13.2 Å². The molecule has 0 amide bonds. The molecule has 1 atom stereocenters. The van der Waals surface area contributed by atoms with Crippen molar-refractivity contribution in [1.82, 2.24) is 5.32 Å². The van der Waals surface area contributed by atoms with Crippen LogP contribution in [0.3, 0.4) is 0 Å². The number of nitrogens with one attached hydrogen (secondary N) is 1. The summed E-state index contributed by atoms with van der Waals surface area (Å²) in [6.45, 7) is 3.78. The Bertz CT molecular complexity index is 78.5. The zero-order valence-corrected chi connectivity index (χ0v) is 7.21. The maximum Gasteiger partial charge on any atom is 0.0662 e. The molecule has 0 bridgehead atoms. The first kappa shape index (κ1) is 10.9. The molecule has 0 aliphatic heterocycles. The van der Waals surface area contributed by atoms with E-state index in [1.165, 1.54) is 0 Å². The summed E-state index contributed by atoms with van der Waals surface area (Å²) in [5.41, 5.74) is 0. The Labute approximate surface area is 68.4 Å². The van der Waals surface area contributed by atoms with Gasteiger partial charge in [0.2, 0.25) is 0 Å². The van der Waals surface area contributed by atoms with Crippen LogP contribution in [0.2, 0.25) is 0 Å². The normalized spacial score (nSPS) is 13.4. The molecular weight excluding hydrogens is 142 g/mol. The van der Waals surface area contributed by atoms with E-state index in [2.05, 4.69) is 5.32 Å². The van der Waals surface area contributed by atoms with Gasteiger partial charge >= 0.3 is 0 Å². The van der Waals surface area contributed by atoms with Crippen molar-refractivity contribution in [2.75, 3.05) is 19.7 Å². The first-order valence-electron chi connectivity index (χ1n) is 4.31. The minimum absolute atomic E-state index is 0.218. The summed E-state index contributed by atoms with van der Waals surface area (Å²) in [4.78, 5) is 0. The lowest BCUT2D eigenvalue weighted by molar-refractivity contribution is 0.167. The van der Waals surface area contributed by atoms with E-state index in [0.29, 0.717) is 6.54 Å². The summed E-state index contributed by atoms with van der Waals surface area (Å²) in [7, 11) is 0. The summed E-state index contributed by atoms with van der Waals surface area (Å²) < 4.78 is 0. The predicted octanol–water partition coefficient (Wildman–Crippen LogP) is 0.119. The van der Waals surface area contributed by atoms with Crippen LogP contribution in [0.25, 0.3) is 0 Å². The third-order valence-corrected chi connectivity index (χ3v) is 1.61. The van der Waals surface area contributed by atoms with E-state index in [-0.39, 0.29) is 12.7 Å². The molecule has 0 saturated carbocycles. The molecule has 0 aromatic carbocycles. The fraction of sp³-hybridized carbons (Fsp3) is 1.00. The average molecular weight is 161 g/mol. The van der Waals surface area contributed by atoms with Gasteiger partial charge in [0.1, 0.15) is 0 Å². The van der Waals surface area contributed by atoms with Gasteiger partial charge in [0.05, 0.1) is 6.10 Å². The molecule has 11 heavy (non-hydrogen) atoms. The van der Waals surface area contributed by atoms with Crippen molar-refractivity contribution in [3.8, 4) is 0 Å². The Morgan fingerprint density at radius 1 is 1.36 bits per heavy atom. The highest BCUT2D eigenvalue weighted by Gasteiger charge is 1.97. The quantitative estimate of drug-likeness (QED) is 0.465. The van der Waals surface area contributed by atoms with Gasteiger partial charge in [-0.2, -0.15) is 0 Å². The lowest BCUT2D eigenvalue weighted by Crippen LogP contribution is -2.26. The summed E-state index contributed by atoms with van der Waals surface area (Å²) in [6.07, 6.45) is 2.40. The van der Waals surface area contributed by atoms with E-state index in [0.717, 1.165) is 25.8 Å². The first-order valence-corrected chi connectivity index (χ1v) is 4.31. The van der Waals surface area contributed by atoms with Crippen molar-refractivity contribution in [1.29, 1.82) is 0 Å². The Balaban J connectivity index is 2.89. The number of hydrogen-bond acceptors (Lipinski definition) is 3. The van der Waals surface area contributed by atoms with E-state index in [9.17, 15) is 0 Å². The summed E-state index contributed by atoms with van der Waals surface area (Å²) in [6, 6.07) is 0. The first-order chi connectivity index (χ1) is 5.31. The van der Waals surface area contributed by atoms with Crippen LogP contribution in [0.15, 0.2) is 0 Å². The number of hydrogen-bond donors (Lipinski definition) is 3. The van der Waals surface area contributed by atoms with E-state index in [4.69, 9.17) is 10.2 Å². The number of rotatable bonds is 7. The minimum atomic E-state index is -0.218. The molecule has 0 aliphatic rings. The second-order valence-electron chi connectivity index (χ2n) is 2.70. The largest absolute Gasteiger partial charge is 0.396 e. The van der Waals surface area contributed by atoms with E-state index < -0.39 is 0 Å². The molecule has 3 N–H and O–H groups in total. The zero-order valence-electron chi connectivity index (χ0n) is 7.21. The van der Waals surface area contributed by atoms with E-state index >= 15 is 0 Å². The van der Waals surface area contributed by atoms with Crippen LogP contribution in [0.1, 0.15) is 26.2 Å². The molecule has 0 aromatic heterocycles. The Hall–Kier alpha value is -0.120. The Morgan fingerprint density at radius 2 is 2.09 bits per heavy atom. The van der Waals surface area contributed by atoms with Crippen LogP contribution in [-0.4, -0.2) is 36.0 Å². The molecule has 0 rings (SSSR count). The third-order valence-electron chi connectivity index (χ3n) is 1.61. The monoisotopic (exact) mass is 161 g/mol. The van der Waals surface area contributed by atoms with Crippen molar-refractivity contribution in [2.45, 2.75) is 32.3 Å². The van der Waals surface area contributed by atoms with Crippen LogP contribution in [0.5, 0.6) is 0 Å². The Kier molecular flexibility index (Phi) is 7.89. The number of aliphatic hydroxyl groups is 2. The maximum atomic E-state index is 9.10. The Morgan fingerprint density at radius 3 is 2.64 bits per heavy atom. The molecule has 3 nitrogen and oxygen atoms in total. The summed E-state index contributed by atoms with van der Waals surface area (Å²) in [5, 5.41) is 20.7. The van der Waals surface area contributed by atoms with Gasteiger partial charge in [-0.15, -0.1) is 0 Å². The zero-order chi connectivity index (χ0) is 8.53. The average Bonchev–Trinajstić information content (AvgIpc) is 2.04. The van der Waals surface area contributed by atoms with Crippen molar-refractivity contribution in [3.63, 3.8) is 0 Å². The predicted molar refractivity (Wildman–Crippen MR) is 45.5 cm³/mol. The van der Waals surface area contributed by atoms with Gasteiger partial charge in [-0.05, 0) is 25.8 Å². The number of unbranched alkanes of at least 4 members (excludes halogenated alkanes) is 1. The van der Waals surface area contributed by atoms with Crippen LogP contribution in [0.4, 0.5) is 0 Å². The van der Waals surface area contributed by atoms with Crippen LogP contribution < -0.4 is 5.32 Å². The van der Waals surface area contributed by atoms with Gasteiger partial charge < -0.3 is 15.5 Å². The van der Waals surface area contributed by atoms with Crippen LogP contribution in [-0.2, 0) is 0 Å². The van der Waals surface area contributed by atoms with Crippen molar-refractivity contribution in [2.24, 2.45) is 0 Å². The van der Waals surface area contributed by atoms with Crippen molar-refractivity contribution < 1.29 is 10.2 Å². The lowest BCUT2D eigenvalue weighted by atomic mass is 10.2. The molecule has 1 unspecified atom stereocenters. The highest BCUT2D eigenvalue weighted by Crippen LogP contribution is 1.88. The molecule has 0 aromatic rings. The van der Waals surface area contributed by atoms with E-state index in [1.54, 1.807) is 0 Å². The van der Waals surface area contributed by atoms with Crippen LogP contribution >= 0.6 is 0 Å². The fourth-order valence-corrected chi connectivity index (χ4v) is 0.775. The van der Waals surface area contributed by atoms with Gasteiger partial charge in [-0.3, -0.25) is 0 Å². The standard InChI is InChI=1S/C8H19NO2/c1-2-8(11)7-9-5-3-4-6-10/h8-11H,2-7H2,1H3. The highest BCUT2D eigenvalue weighted by molar-refractivity contribution is 4.56. The fourth-order valence-electron chi connectivity index (χ4n) is 0.775. The molecule has 0 heterocycles. The smallest absolute Gasteiger partial charge is 0.0662 e. The van der Waals surface area contributed by atoms with Gasteiger partial charge in [-0.25, -0.2) is 0 Å². The summed E-state index contributed by atoms with van der Waals surface area (Å²) >= 11 is 0. The lowest BCUT2D eigenvalue weighted by Gasteiger charge is -2.08. The SMILES string of the molecule is CCC(O)CNCCCCO. The maximum absolute atomic E-state index is 9.10. The van der Waals surface area contributed by atoms with Crippen molar-refractivity contribution in [3.05, 3.63) is 0 Å². The highest BCUT2D eigenvalue weighted by atomic mass is 16.3. The second kappa shape index (κ2) is 7.98. The minimum Gasteiger partial charge on any atom is -0.396 e. The van der Waals surface area contributed by atoms with Gasteiger partial charge in [0.15, 0.2) is 0 Å². The third kappa shape index (κ3) is 7.78. The van der Waals surface area contributed by atoms with Gasteiger partial charge in [-0.1, -0.05) is 6.92 Å². The van der Waals surface area contributed by atoms with Crippen molar-refractivity contribution >= 4 is 0 Å². The van der Waals surface area contributed by atoms with Crippen LogP contribution in [0, 0.1) is 0 Å². The molecule has 68 valence electrons. The van der Waals surface area contributed by atoms with E-state index in [1.807, 2.05) is 6.92 Å². The molecule has 0 fully saturated rings. The molecular formula is C8H19NO2. The molecule has 0 saturated heterocycles. The van der Waals surface area contributed by atoms with Gasteiger partial charge in [0.25, 0.3) is 0 Å². The number of aliphatic hydroxyl groups excluding tert-OH is 2. The molecule has 3 heteroatoms. The molecule has 0 aliphatic carbocycles. The topological polar surface area (TPSA) is 52.5 Å². The second-order valence-corrected chi connectivity index (χ2v) is 2.70.